The number of carbonyl (C=O) groups excluding carboxylic acids is 1. The topological polar surface area (TPSA) is 72.8 Å². The standard InChI is InChI=1S/C18H16O5S2/c19-13-10-12(2-1-3-17(20)21)18(24)25-16(13)9-11-4-5-14-15(8-11)23-7-6-22-14/h2,4-5,8-9H,1,3,6-7,10H2,(H,20,21)/b12-2-,16-9+. The number of ether oxygens (including phenoxy) is 2. The van der Waals surface area contributed by atoms with Gasteiger partial charge in [-0.3, -0.25) is 9.59 Å². The van der Waals surface area contributed by atoms with E-state index >= 15 is 0 Å². The van der Waals surface area contributed by atoms with E-state index < -0.39 is 5.97 Å². The second-order valence-corrected chi connectivity index (χ2v) is 7.28. The Morgan fingerprint density at radius 3 is 2.80 bits per heavy atom. The molecule has 0 radical (unpaired) electrons. The lowest BCUT2D eigenvalue weighted by Gasteiger charge is -2.19. The van der Waals surface area contributed by atoms with Gasteiger partial charge in [-0.2, -0.15) is 0 Å². The summed E-state index contributed by atoms with van der Waals surface area (Å²) in [5, 5.41) is 8.69. The highest BCUT2D eigenvalue weighted by molar-refractivity contribution is 8.27. The SMILES string of the molecule is O=C(O)CC/C=C1/CC(=O)/C(=C\c2ccc3c(c2)OCCO3)SC1=S. The van der Waals surface area contributed by atoms with Crippen molar-refractivity contribution in [3.8, 4) is 11.5 Å². The van der Waals surface area contributed by atoms with E-state index in [9.17, 15) is 9.59 Å². The summed E-state index contributed by atoms with van der Waals surface area (Å²) in [6.45, 7) is 1.04. The first-order valence-electron chi connectivity index (χ1n) is 7.80. The highest BCUT2D eigenvalue weighted by Gasteiger charge is 2.24. The smallest absolute Gasteiger partial charge is 0.303 e. The number of benzene rings is 1. The van der Waals surface area contributed by atoms with Crippen LogP contribution >= 0.6 is 24.0 Å². The molecule has 0 aliphatic carbocycles. The van der Waals surface area contributed by atoms with Crippen LogP contribution in [0.15, 0.2) is 34.8 Å². The van der Waals surface area contributed by atoms with Crippen molar-refractivity contribution in [2.24, 2.45) is 0 Å². The zero-order valence-electron chi connectivity index (χ0n) is 13.3. The summed E-state index contributed by atoms with van der Waals surface area (Å²) in [5.41, 5.74) is 1.59. The Kier molecular flexibility index (Phi) is 5.55. The van der Waals surface area contributed by atoms with E-state index in [1.165, 1.54) is 11.8 Å². The Hall–Kier alpha value is -2.12. The fourth-order valence-electron chi connectivity index (χ4n) is 2.49. The molecule has 0 unspecified atom stereocenters. The van der Waals surface area contributed by atoms with Gasteiger partial charge in [0.1, 0.15) is 13.2 Å². The molecule has 2 aliphatic heterocycles. The van der Waals surface area contributed by atoms with E-state index in [2.05, 4.69) is 0 Å². The van der Waals surface area contributed by atoms with Crippen LogP contribution in [0.25, 0.3) is 6.08 Å². The largest absolute Gasteiger partial charge is 0.486 e. The molecule has 130 valence electrons. The van der Waals surface area contributed by atoms with Crippen molar-refractivity contribution in [2.75, 3.05) is 13.2 Å². The van der Waals surface area contributed by atoms with E-state index in [0.29, 0.717) is 40.2 Å². The third-order valence-corrected chi connectivity index (χ3v) is 5.23. The molecular formula is C18H16O5S2. The summed E-state index contributed by atoms with van der Waals surface area (Å²) < 4.78 is 11.7. The predicted molar refractivity (Wildman–Crippen MR) is 100 cm³/mol. The van der Waals surface area contributed by atoms with Gasteiger partial charge in [-0.1, -0.05) is 36.1 Å². The number of ketones is 1. The first-order valence-corrected chi connectivity index (χ1v) is 9.03. The van der Waals surface area contributed by atoms with Crippen molar-refractivity contribution in [3.63, 3.8) is 0 Å². The van der Waals surface area contributed by atoms with Crippen molar-refractivity contribution < 1.29 is 24.2 Å². The predicted octanol–water partition coefficient (Wildman–Crippen LogP) is 3.62. The van der Waals surface area contributed by atoms with Crippen molar-refractivity contribution in [1.29, 1.82) is 0 Å². The first kappa shape index (κ1) is 17.7. The van der Waals surface area contributed by atoms with Crippen LogP contribution in [0, 0.1) is 0 Å². The Bertz CT molecular complexity index is 795. The summed E-state index contributed by atoms with van der Waals surface area (Å²) in [6.07, 6.45) is 4.17. The number of carbonyl (C=O) groups is 2. The van der Waals surface area contributed by atoms with Gasteiger partial charge in [0.2, 0.25) is 0 Å². The molecule has 1 aromatic carbocycles. The van der Waals surface area contributed by atoms with E-state index in [1.807, 2.05) is 18.2 Å². The number of hydrogen-bond acceptors (Lipinski definition) is 6. The fraction of sp³-hybridized carbons (Fsp3) is 0.278. The van der Waals surface area contributed by atoms with Crippen LogP contribution in [-0.2, 0) is 9.59 Å². The van der Waals surface area contributed by atoms with Crippen molar-refractivity contribution in [2.45, 2.75) is 19.3 Å². The quantitative estimate of drug-likeness (QED) is 0.635. The average Bonchev–Trinajstić information content (AvgIpc) is 2.58. The zero-order chi connectivity index (χ0) is 17.8. The van der Waals surface area contributed by atoms with Crippen LogP contribution in [0.2, 0.25) is 0 Å². The maximum absolute atomic E-state index is 12.4. The Morgan fingerprint density at radius 2 is 2.04 bits per heavy atom. The maximum Gasteiger partial charge on any atom is 0.303 e. The molecule has 0 saturated carbocycles. The molecule has 0 amide bonds. The molecule has 25 heavy (non-hydrogen) atoms. The summed E-state index contributed by atoms with van der Waals surface area (Å²) >= 11 is 6.61. The normalized spacial score (nSPS) is 20.2. The Balaban J connectivity index is 1.74. The third-order valence-electron chi connectivity index (χ3n) is 3.70. The number of rotatable bonds is 4. The second-order valence-electron chi connectivity index (χ2n) is 5.56. The first-order chi connectivity index (χ1) is 12.0. The van der Waals surface area contributed by atoms with Crippen LogP contribution in [0.5, 0.6) is 11.5 Å². The number of allylic oxidation sites excluding steroid dienone is 2. The molecule has 2 heterocycles. The summed E-state index contributed by atoms with van der Waals surface area (Å²) in [7, 11) is 0. The monoisotopic (exact) mass is 376 g/mol. The van der Waals surface area contributed by atoms with Crippen LogP contribution in [0.4, 0.5) is 0 Å². The van der Waals surface area contributed by atoms with E-state index in [1.54, 1.807) is 12.2 Å². The third kappa shape index (κ3) is 4.49. The number of aliphatic carboxylic acids is 1. The van der Waals surface area contributed by atoms with Gasteiger partial charge in [-0.25, -0.2) is 0 Å². The number of carboxylic acids is 1. The summed E-state index contributed by atoms with van der Waals surface area (Å²) in [6, 6.07) is 5.54. The van der Waals surface area contributed by atoms with Crippen molar-refractivity contribution in [1.82, 2.24) is 0 Å². The van der Waals surface area contributed by atoms with Gasteiger partial charge in [0.25, 0.3) is 0 Å². The summed E-state index contributed by atoms with van der Waals surface area (Å²) in [4.78, 5) is 23.5. The summed E-state index contributed by atoms with van der Waals surface area (Å²) in [5.74, 6) is 0.493. The van der Waals surface area contributed by atoms with Gasteiger partial charge in [0.15, 0.2) is 17.3 Å². The van der Waals surface area contributed by atoms with Gasteiger partial charge < -0.3 is 14.6 Å². The average molecular weight is 376 g/mol. The lowest BCUT2D eigenvalue weighted by Crippen LogP contribution is -2.15. The van der Waals surface area contributed by atoms with E-state index in [4.69, 9.17) is 26.8 Å². The molecule has 1 aromatic rings. The maximum atomic E-state index is 12.4. The molecule has 1 fully saturated rings. The van der Waals surface area contributed by atoms with Gasteiger partial charge >= 0.3 is 5.97 Å². The molecule has 0 bridgehead atoms. The molecule has 0 aromatic heterocycles. The van der Waals surface area contributed by atoms with E-state index in [0.717, 1.165) is 11.1 Å². The molecule has 0 spiro atoms. The van der Waals surface area contributed by atoms with Gasteiger partial charge in [-0.15, -0.1) is 0 Å². The minimum atomic E-state index is -0.864. The van der Waals surface area contributed by atoms with Crippen LogP contribution < -0.4 is 9.47 Å². The molecule has 1 saturated heterocycles. The Labute approximate surface area is 154 Å². The highest BCUT2D eigenvalue weighted by Crippen LogP contribution is 2.36. The number of thiocarbonyl (C=S) groups is 1. The molecule has 0 atom stereocenters. The van der Waals surface area contributed by atoms with Crippen LogP contribution in [0.3, 0.4) is 0 Å². The van der Waals surface area contributed by atoms with Crippen molar-refractivity contribution in [3.05, 3.63) is 40.3 Å². The zero-order valence-corrected chi connectivity index (χ0v) is 15.0. The molecule has 7 heteroatoms. The van der Waals surface area contributed by atoms with Crippen LogP contribution in [-0.4, -0.2) is 34.3 Å². The van der Waals surface area contributed by atoms with Gasteiger partial charge in [0, 0.05) is 12.8 Å². The fourth-order valence-corrected chi connectivity index (χ4v) is 3.78. The molecular weight excluding hydrogens is 360 g/mol. The molecule has 1 N–H and O–H groups in total. The number of thioether (sulfide) groups is 1. The number of carboxylic acid groups (broad SMARTS) is 1. The van der Waals surface area contributed by atoms with E-state index in [-0.39, 0.29) is 18.6 Å². The van der Waals surface area contributed by atoms with Crippen molar-refractivity contribution >= 4 is 46.0 Å². The van der Waals surface area contributed by atoms with Gasteiger partial charge in [0.05, 0.1) is 9.10 Å². The lowest BCUT2D eigenvalue weighted by molar-refractivity contribution is -0.136. The molecule has 2 aliphatic rings. The molecule has 5 nitrogen and oxygen atoms in total. The number of Topliss-reactive ketones (excluding diaryl/α,β-unsaturated/α-hetero) is 1. The minimum absolute atomic E-state index is 0.0185. The highest BCUT2D eigenvalue weighted by atomic mass is 32.2. The Morgan fingerprint density at radius 1 is 1.28 bits per heavy atom. The number of hydrogen-bond donors (Lipinski definition) is 1. The molecule has 3 rings (SSSR count). The second kappa shape index (κ2) is 7.84. The number of fused-ring (bicyclic) bond motifs is 1. The van der Waals surface area contributed by atoms with Crippen LogP contribution in [0.1, 0.15) is 24.8 Å². The lowest BCUT2D eigenvalue weighted by atomic mass is 10.1. The minimum Gasteiger partial charge on any atom is -0.486 e. The van der Waals surface area contributed by atoms with Gasteiger partial charge in [-0.05, 0) is 35.8 Å².